The highest BCUT2D eigenvalue weighted by Crippen LogP contribution is 2.36. The smallest absolute Gasteiger partial charge is 0.165 e. The number of rotatable bonds is 5. The lowest BCUT2D eigenvalue weighted by atomic mass is 9.76. The van der Waals surface area contributed by atoms with Crippen molar-refractivity contribution in [3.05, 3.63) is 29.8 Å². The van der Waals surface area contributed by atoms with E-state index in [4.69, 9.17) is 9.78 Å². The third kappa shape index (κ3) is 3.97. The first-order valence-electron chi connectivity index (χ1n) is 7.15. The van der Waals surface area contributed by atoms with Gasteiger partial charge in [-0.15, -0.1) is 0 Å². The van der Waals surface area contributed by atoms with E-state index in [2.05, 4.69) is 60.6 Å². The summed E-state index contributed by atoms with van der Waals surface area (Å²) >= 11 is 0. The summed E-state index contributed by atoms with van der Waals surface area (Å²) in [5.74, 6) is 1.29. The van der Waals surface area contributed by atoms with Crippen molar-refractivity contribution in [2.75, 3.05) is 0 Å². The maximum Gasteiger partial charge on any atom is 0.165 e. The van der Waals surface area contributed by atoms with E-state index in [-0.39, 0.29) is 11.0 Å². The monoisotopic (exact) mass is 264 g/mol. The Morgan fingerprint density at radius 2 is 1.53 bits per heavy atom. The van der Waals surface area contributed by atoms with Crippen LogP contribution in [0.3, 0.4) is 0 Å². The SMILES string of the molecule is CCC(C)(OOc1ccc(C(C)C)cc1)C(C)(C)C. The van der Waals surface area contributed by atoms with Crippen LogP contribution in [0.15, 0.2) is 24.3 Å². The second-order valence-corrected chi connectivity index (χ2v) is 6.72. The molecule has 1 unspecified atom stereocenters. The predicted molar refractivity (Wildman–Crippen MR) is 80.4 cm³/mol. The van der Waals surface area contributed by atoms with Crippen molar-refractivity contribution in [3.63, 3.8) is 0 Å². The zero-order valence-corrected chi connectivity index (χ0v) is 13.4. The van der Waals surface area contributed by atoms with Gasteiger partial charge in [0.2, 0.25) is 0 Å². The lowest BCUT2D eigenvalue weighted by molar-refractivity contribution is -0.315. The Kier molecular flexibility index (Phi) is 5.03. The first kappa shape index (κ1) is 16.0. The van der Waals surface area contributed by atoms with Crippen LogP contribution < -0.4 is 4.89 Å². The Morgan fingerprint density at radius 3 is 1.89 bits per heavy atom. The molecule has 0 heterocycles. The van der Waals surface area contributed by atoms with E-state index in [0.717, 1.165) is 12.2 Å². The molecule has 0 saturated carbocycles. The molecular formula is C17H28O2. The van der Waals surface area contributed by atoms with Crippen molar-refractivity contribution in [2.24, 2.45) is 5.41 Å². The van der Waals surface area contributed by atoms with Gasteiger partial charge in [0, 0.05) is 0 Å². The quantitative estimate of drug-likeness (QED) is 0.528. The minimum atomic E-state index is -0.302. The van der Waals surface area contributed by atoms with Crippen LogP contribution in [0.1, 0.15) is 66.4 Å². The molecule has 0 aliphatic heterocycles. The lowest BCUT2D eigenvalue weighted by Gasteiger charge is -2.39. The van der Waals surface area contributed by atoms with Crippen molar-refractivity contribution in [1.82, 2.24) is 0 Å². The van der Waals surface area contributed by atoms with Crippen LogP contribution in [0.25, 0.3) is 0 Å². The first-order valence-corrected chi connectivity index (χ1v) is 7.15. The Hall–Kier alpha value is -1.02. The first-order chi connectivity index (χ1) is 8.69. The van der Waals surface area contributed by atoms with Gasteiger partial charge in [0.15, 0.2) is 5.75 Å². The molecule has 0 aromatic heterocycles. The molecule has 0 aliphatic carbocycles. The molecule has 0 fully saturated rings. The average Bonchev–Trinajstić information content (AvgIpc) is 2.35. The van der Waals surface area contributed by atoms with E-state index in [9.17, 15) is 0 Å². The van der Waals surface area contributed by atoms with Crippen LogP contribution in [0.4, 0.5) is 0 Å². The molecule has 0 spiro atoms. The summed E-state index contributed by atoms with van der Waals surface area (Å²) in [5, 5.41) is 0. The fourth-order valence-electron chi connectivity index (χ4n) is 1.76. The summed E-state index contributed by atoms with van der Waals surface area (Å²) in [6, 6.07) is 8.11. The lowest BCUT2D eigenvalue weighted by Crippen LogP contribution is -2.42. The van der Waals surface area contributed by atoms with Crippen molar-refractivity contribution in [3.8, 4) is 5.75 Å². The third-order valence-electron chi connectivity index (χ3n) is 4.13. The van der Waals surface area contributed by atoms with Gasteiger partial charge >= 0.3 is 0 Å². The van der Waals surface area contributed by atoms with E-state index in [1.54, 1.807) is 0 Å². The van der Waals surface area contributed by atoms with Crippen molar-refractivity contribution in [1.29, 1.82) is 0 Å². The highest BCUT2D eigenvalue weighted by molar-refractivity contribution is 5.28. The van der Waals surface area contributed by atoms with Crippen molar-refractivity contribution < 1.29 is 9.78 Å². The Labute approximate surface area is 118 Å². The van der Waals surface area contributed by atoms with Gasteiger partial charge in [0.1, 0.15) is 5.60 Å². The molecule has 2 heteroatoms. The van der Waals surface area contributed by atoms with Crippen LogP contribution >= 0.6 is 0 Å². The molecular weight excluding hydrogens is 236 g/mol. The summed E-state index contributed by atoms with van der Waals surface area (Å²) < 4.78 is 0. The van der Waals surface area contributed by atoms with Crippen LogP contribution in [0.5, 0.6) is 5.75 Å². The van der Waals surface area contributed by atoms with Gasteiger partial charge < -0.3 is 4.89 Å². The highest BCUT2D eigenvalue weighted by Gasteiger charge is 2.39. The molecule has 2 nitrogen and oxygen atoms in total. The molecule has 1 aromatic rings. The molecule has 0 aliphatic rings. The van der Waals surface area contributed by atoms with E-state index < -0.39 is 0 Å². The van der Waals surface area contributed by atoms with Gasteiger partial charge in [-0.1, -0.05) is 53.7 Å². The zero-order chi connectivity index (χ0) is 14.7. The van der Waals surface area contributed by atoms with Crippen LogP contribution in [0, 0.1) is 5.41 Å². The summed E-state index contributed by atoms with van der Waals surface area (Å²) in [7, 11) is 0. The second kappa shape index (κ2) is 5.96. The third-order valence-corrected chi connectivity index (χ3v) is 4.13. The van der Waals surface area contributed by atoms with Crippen LogP contribution in [-0.2, 0) is 4.89 Å². The maximum absolute atomic E-state index is 5.73. The molecule has 0 N–H and O–H groups in total. The topological polar surface area (TPSA) is 18.5 Å². The van der Waals surface area contributed by atoms with Crippen LogP contribution in [-0.4, -0.2) is 5.60 Å². The van der Waals surface area contributed by atoms with Gasteiger partial charge in [0.25, 0.3) is 0 Å². The molecule has 19 heavy (non-hydrogen) atoms. The zero-order valence-electron chi connectivity index (χ0n) is 13.4. The molecule has 1 rings (SSSR count). The standard InChI is InChI=1S/C17H28O2/c1-8-17(7,16(4,5)6)19-18-15-11-9-14(10-12-15)13(2)3/h9-13H,8H2,1-7H3. The molecule has 108 valence electrons. The largest absolute Gasteiger partial charge is 0.337 e. The molecule has 1 aromatic carbocycles. The summed E-state index contributed by atoms with van der Waals surface area (Å²) in [6.45, 7) is 15.1. The van der Waals surface area contributed by atoms with E-state index in [1.165, 1.54) is 5.56 Å². The number of hydrogen-bond donors (Lipinski definition) is 0. The van der Waals surface area contributed by atoms with Crippen molar-refractivity contribution in [2.45, 2.75) is 66.4 Å². The number of hydrogen-bond acceptors (Lipinski definition) is 2. The Morgan fingerprint density at radius 1 is 1.00 bits per heavy atom. The fraction of sp³-hybridized carbons (Fsp3) is 0.647. The van der Waals surface area contributed by atoms with Crippen molar-refractivity contribution >= 4 is 0 Å². The molecule has 0 amide bonds. The van der Waals surface area contributed by atoms with Gasteiger partial charge in [-0.2, -0.15) is 4.89 Å². The summed E-state index contributed by atoms with van der Waals surface area (Å²) in [4.78, 5) is 11.3. The van der Waals surface area contributed by atoms with Crippen LogP contribution in [0.2, 0.25) is 0 Å². The minimum absolute atomic E-state index is 0.0274. The minimum Gasteiger partial charge on any atom is -0.337 e. The Balaban J connectivity index is 2.70. The van der Waals surface area contributed by atoms with Gasteiger partial charge in [0.05, 0.1) is 0 Å². The van der Waals surface area contributed by atoms with E-state index >= 15 is 0 Å². The Bertz CT molecular complexity index is 387. The molecule has 0 bridgehead atoms. The van der Waals surface area contributed by atoms with Gasteiger partial charge in [-0.05, 0) is 42.4 Å². The normalized spacial score (nSPS) is 15.4. The molecule has 0 saturated heterocycles. The molecule has 0 radical (unpaired) electrons. The van der Waals surface area contributed by atoms with Gasteiger partial charge in [-0.3, -0.25) is 0 Å². The van der Waals surface area contributed by atoms with E-state index in [0.29, 0.717) is 5.92 Å². The maximum atomic E-state index is 5.73. The molecule has 1 atom stereocenters. The second-order valence-electron chi connectivity index (χ2n) is 6.72. The summed E-state index contributed by atoms with van der Waals surface area (Å²) in [6.07, 6.45) is 0.903. The predicted octanol–water partition coefficient (Wildman–Crippen LogP) is 5.34. The van der Waals surface area contributed by atoms with E-state index in [1.807, 2.05) is 12.1 Å². The summed E-state index contributed by atoms with van der Waals surface area (Å²) in [5.41, 5.74) is 1.03. The fourth-order valence-corrected chi connectivity index (χ4v) is 1.76. The number of benzene rings is 1. The van der Waals surface area contributed by atoms with Gasteiger partial charge in [-0.25, -0.2) is 0 Å². The average molecular weight is 264 g/mol. The highest BCUT2D eigenvalue weighted by atomic mass is 17.2.